The largest absolute Gasteiger partial charge is 0.354 e. The third-order valence-corrected chi connectivity index (χ3v) is 1.84. The lowest BCUT2D eigenvalue weighted by Crippen LogP contribution is -2.33. The molecule has 0 aliphatic carbocycles. The maximum absolute atomic E-state index is 11.1. The Balaban J connectivity index is 2.80. The molecule has 71 valence electrons. The zero-order valence-electron chi connectivity index (χ0n) is 8.00. The van der Waals surface area contributed by atoms with Crippen LogP contribution in [0.5, 0.6) is 0 Å². The molecule has 1 aliphatic heterocycles. The lowest BCUT2D eigenvalue weighted by Gasteiger charge is -2.26. The van der Waals surface area contributed by atoms with E-state index in [1.165, 1.54) is 11.8 Å². The van der Waals surface area contributed by atoms with Gasteiger partial charge in [0.15, 0.2) is 0 Å². The number of dihydropyridines is 1. The normalized spacial score (nSPS) is 16.4. The fourth-order valence-electron chi connectivity index (χ4n) is 1.01. The topological polar surface area (TPSA) is 41.6 Å². The molecule has 0 aromatic heterocycles. The van der Waals surface area contributed by atoms with E-state index in [1.54, 1.807) is 20.4 Å². The van der Waals surface area contributed by atoms with Crippen molar-refractivity contribution >= 4 is 5.91 Å². The van der Waals surface area contributed by atoms with Crippen LogP contribution in [0.4, 0.5) is 0 Å². The van der Waals surface area contributed by atoms with Gasteiger partial charge in [0.1, 0.15) is 0 Å². The molecule has 0 spiro atoms. The van der Waals surface area contributed by atoms with Gasteiger partial charge in [-0.15, -0.1) is 0 Å². The predicted molar refractivity (Wildman–Crippen MR) is 49.1 cm³/mol. The van der Waals surface area contributed by atoms with Gasteiger partial charge in [-0.3, -0.25) is 4.79 Å². The van der Waals surface area contributed by atoms with Crippen LogP contribution >= 0.6 is 0 Å². The van der Waals surface area contributed by atoms with E-state index in [4.69, 9.17) is 4.74 Å². The van der Waals surface area contributed by atoms with E-state index in [-0.39, 0.29) is 5.91 Å². The Morgan fingerprint density at radius 2 is 2.31 bits per heavy atom. The number of nitrogens with one attached hydrogen (secondary N) is 1. The number of carbonyl (C=O) groups is 1. The van der Waals surface area contributed by atoms with Crippen LogP contribution in [0.1, 0.15) is 6.92 Å². The number of ether oxygens (including phenoxy) is 1. The maximum atomic E-state index is 11.1. The number of amides is 1. The molecule has 1 heterocycles. The van der Waals surface area contributed by atoms with E-state index in [1.807, 2.05) is 12.2 Å². The molecule has 0 unspecified atom stereocenters. The highest BCUT2D eigenvalue weighted by atomic mass is 16.5. The van der Waals surface area contributed by atoms with Crippen LogP contribution in [0, 0.1) is 6.23 Å². The van der Waals surface area contributed by atoms with Crippen LogP contribution in [0.25, 0.3) is 0 Å². The number of methoxy groups -OCH3 is 1. The van der Waals surface area contributed by atoms with Gasteiger partial charge in [-0.1, -0.05) is 0 Å². The molecule has 4 heteroatoms. The highest BCUT2D eigenvalue weighted by molar-refractivity contribution is 5.75. The Kier molecular flexibility index (Phi) is 3.08. The van der Waals surface area contributed by atoms with E-state index in [0.29, 0.717) is 6.23 Å². The first-order valence-corrected chi connectivity index (χ1v) is 3.95. The van der Waals surface area contributed by atoms with Crippen molar-refractivity contribution in [2.45, 2.75) is 6.92 Å². The van der Waals surface area contributed by atoms with E-state index in [0.717, 1.165) is 5.70 Å². The Labute approximate surface area is 77.9 Å². The third kappa shape index (κ3) is 2.09. The monoisotopic (exact) mass is 181 g/mol. The Bertz CT molecular complexity index is 258. The maximum Gasteiger partial charge on any atom is 0.234 e. The molecule has 0 saturated heterocycles. The standard InChI is InChI=1S/C9H13N2O2/c1-7(12)11(2)8-5-4-6-10-9(8)13-3/h4-6,10H,1-3H3. The summed E-state index contributed by atoms with van der Waals surface area (Å²) in [5, 5.41) is 2.91. The minimum Gasteiger partial charge on any atom is -0.354 e. The van der Waals surface area contributed by atoms with Crippen LogP contribution in [0.2, 0.25) is 0 Å². The minimum absolute atomic E-state index is 0.0297. The van der Waals surface area contributed by atoms with Gasteiger partial charge in [0.2, 0.25) is 12.1 Å². The Morgan fingerprint density at radius 1 is 1.62 bits per heavy atom. The number of carbonyl (C=O) groups excluding carboxylic acids is 1. The first-order chi connectivity index (χ1) is 6.16. The number of hydrogen-bond donors (Lipinski definition) is 1. The molecular formula is C9H13N2O2. The van der Waals surface area contributed by atoms with Gasteiger partial charge in [-0.05, 0) is 18.4 Å². The van der Waals surface area contributed by atoms with Crippen molar-refractivity contribution in [3.05, 3.63) is 30.3 Å². The van der Waals surface area contributed by atoms with Gasteiger partial charge in [-0.2, -0.15) is 0 Å². The molecule has 0 atom stereocenters. The first-order valence-electron chi connectivity index (χ1n) is 3.95. The summed E-state index contributed by atoms with van der Waals surface area (Å²) in [4.78, 5) is 12.6. The predicted octanol–water partition coefficient (Wildman–Crippen LogP) is 0.601. The number of allylic oxidation sites excluding steroid dienone is 2. The lowest BCUT2D eigenvalue weighted by atomic mass is 10.2. The second-order valence-corrected chi connectivity index (χ2v) is 2.67. The highest BCUT2D eigenvalue weighted by Gasteiger charge is 2.21. The van der Waals surface area contributed by atoms with Crippen molar-refractivity contribution in [3.63, 3.8) is 0 Å². The molecule has 1 rings (SSSR count). The van der Waals surface area contributed by atoms with Gasteiger partial charge in [0.05, 0.1) is 5.70 Å². The molecule has 0 bridgehead atoms. The first kappa shape index (κ1) is 9.80. The summed E-state index contributed by atoms with van der Waals surface area (Å²) in [5.41, 5.74) is 0.734. The number of hydrogen-bond acceptors (Lipinski definition) is 3. The Morgan fingerprint density at radius 3 is 2.85 bits per heavy atom. The van der Waals surface area contributed by atoms with Gasteiger partial charge < -0.3 is 15.0 Å². The molecule has 4 nitrogen and oxygen atoms in total. The van der Waals surface area contributed by atoms with Gasteiger partial charge >= 0.3 is 0 Å². The molecule has 1 N–H and O–H groups in total. The van der Waals surface area contributed by atoms with Gasteiger partial charge in [-0.25, -0.2) is 0 Å². The fraction of sp³-hybridized carbons (Fsp3) is 0.333. The minimum atomic E-state index is -0.0297. The zero-order valence-corrected chi connectivity index (χ0v) is 8.00. The van der Waals surface area contributed by atoms with Crippen molar-refractivity contribution in [3.8, 4) is 0 Å². The lowest BCUT2D eigenvalue weighted by molar-refractivity contribution is -0.126. The summed E-state index contributed by atoms with van der Waals surface area (Å²) in [7, 11) is 3.26. The molecule has 1 amide bonds. The fourth-order valence-corrected chi connectivity index (χ4v) is 1.01. The second-order valence-electron chi connectivity index (χ2n) is 2.67. The number of likely N-dealkylation sites (N-methyl/N-ethyl adjacent to an activating group) is 1. The van der Waals surface area contributed by atoms with Crippen LogP contribution in [0.15, 0.2) is 24.0 Å². The van der Waals surface area contributed by atoms with Crippen molar-refractivity contribution in [2.75, 3.05) is 14.2 Å². The summed E-state index contributed by atoms with van der Waals surface area (Å²) in [6.07, 6.45) is 5.96. The van der Waals surface area contributed by atoms with Crippen LogP contribution < -0.4 is 5.32 Å². The third-order valence-electron chi connectivity index (χ3n) is 1.84. The van der Waals surface area contributed by atoms with Crippen LogP contribution in [0.3, 0.4) is 0 Å². The molecule has 0 fully saturated rings. The number of nitrogens with zero attached hydrogens (tertiary/aromatic N) is 1. The molecule has 13 heavy (non-hydrogen) atoms. The van der Waals surface area contributed by atoms with Gasteiger partial charge in [0, 0.05) is 21.1 Å². The van der Waals surface area contributed by atoms with E-state index < -0.39 is 0 Å². The summed E-state index contributed by atoms with van der Waals surface area (Å²) in [6, 6.07) is 0. The van der Waals surface area contributed by atoms with Crippen molar-refractivity contribution in [1.29, 1.82) is 0 Å². The van der Waals surface area contributed by atoms with Crippen molar-refractivity contribution in [1.82, 2.24) is 10.2 Å². The molecule has 1 aliphatic rings. The summed E-state index contributed by atoms with van der Waals surface area (Å²) < 4.78 is 5.07. The highest BCUT2D eigenvalue weighted by Crippen LogP contribution is 2.17. The average Bonchev–Trinajstić information content (AvgIpc) is 2.16. The van der Waals surface area contributed by atoms with E-state index in [2.05, 4.69) is 5.32 Å². The quantitative estimate of drug-likeness (QED) is 0.678. The van der Waals surface area contributed by atoms with Crippen LogP contribution in [-0.2, 0) is 9.53 Å². The van der Waals surface area contributed by atoms with Gasteiger partial charge in [0.25, 0.3) is 0 Å². The van der Waals surface area contributed by atoms with E-state index >= 15 is 0 Å². The van der Waals surface area contributed by atoms with Crippen molar-refractivity contribution < 1.29 is 9.53 Å². The molecular weight excluding hydrogens is 168 g/mol. The summed E-state index contributed by atoms with van der Waals surface area (Å²) in [5.74, 6) is -0.0297. The van der Waals surface area contributed by atoms with Crippen LogP contribution in [-0.4, -0.2) is 25.0 Å². The molecule has 1 radical (unpaired) electrons. The summed E-state index contributed by atoms with van der Waals surface area (Å²) >= 11 is 0. The zero-order chi connectivity index (χ0) is 9.84. The van der Waals surface area contributed by atoms with E-state index in [9.17, 15) is 4.79 Å². The smallest absolute Gasteiger partial charge is 0.234 e. The average molecular weight is 181 g/mol. The SMILES string of the molecule is CO[C]1NC=CC=C1N(C)C(C)=O. The molecule has 0 aromatic rings. The Hall–Kier alpha value is -1.29. The number of rotatable bonds is 2. The van der Waals surface area contributed by atoms with Crippen molar-refractivity contribution in [2.24, 2.45) is 0 Å². The molecule has 0 saturated carbocycles. The second kappa shape index (κ2) is 4.09. The summed E-state index contributed by atoms with van der Waals surface area (Å²) in [6.45, 7) is 1.51. The molecule has 0 aromatic carbocycles.